The molecule has 0 spiro atoms. The topological polar surface area (TPSA) is 59.6 Å². The van der Waals surface area contributed by atoms with Crippen LogP contribution in [-0.2, 0) is 14.3 Å². The summed E-state index contributed by atoms with van der Waals surface area (Å²) in [5.74, 6) is 0.234. The average molecular weight is 258 g/mol. The summed E-state index contributed by atoms with van der Waals surface area (Å²) >= 11 is 0. The van der Waals surface area contributed by atoms with E-state index in [0.29, 0.717) is 25.8 Å². The van der Waals surface area contributed by atoms with Gasteiger partial charge in [-0.05, 0) is 40.2 Å². The Morgan fingerprint density at radius 2 is 2.06 bits per heavy atom. The number of amides is 1. The molecule has 18 heavy (non-hydrogen) atoms. The molecule has 2 N–H and O–H groups in total. The lowest BCUT2D eigenvalue weighted by Gasteiger charge is -2.27. The van der Waals surface area contributed by atoms with Crippen molar-refractivity contribution < 1.29 is 14.3 Å². The number of hydrogen-bond donors (Lipinski definition) is 2. The lowest BCUT2D eigenvalue weighted by molar-refractivity contribution is -0.142. The molecule has 5 heteroatoms. The van der Waals surface area contributed by atoms with Crippen molar-refractivity contribution in [1.29, 1.82) is 0 Å². The Kier molecular flexibility index (Phi) is 7.23. The van der Waals surface area contributed by atoms with Gasteiger partial charge in [-0.15, -0.1) is 0 Å². The van der Waals surface area contributed by atoms with Crippen LogP contribution >= 0.6 is 0 Å². The Morgan fingerprint density at radius 3 is 2.61 bits per heavy atom. The molecule has 1 amide bonds. The molecule has 0 aromatic heterocycles. The fraction of sp³-hybridized carbons (Fsp3) is 0.923. The van der Waals surface area contributed by atoms with Gasteiger partial charge in [0.1, 0.15) is 0 Å². The van der Waals surface area contributed by atoms with Crippen LogP contribution in [0.4, 0.5) is 0 Å². The van der Waals surface area contributed by atoms with Gasteiger partial charge >= 0.3 is 0 Å². The van der Waals surface area contributed by atoms with Gasteiger partial charge < -0.3 is 20.1 Å². The minimum atomic E-state index is -0.330. The molecular formula is C13H26N2O3. The van der Waals surface area contributed by atoms with Crippen LogP contribution < -0.4 is 10.6 Å². The van der Waals surface area contributed by atoms with E-state index in [2.05, 4.69) is 17.6 Å². The second-order valence-corrected chi connectivity index (χ2v) is 4.66. The van der Waals surface area contributed by atoms with Gasteiger partial charge in [0.2, 0.25) is 5.91 Å². The molecule has 0 radical (unpaired) electrons. The first-order chi connectivity index (χ1) is 8.67. The van der Waals surface area contributed by atoms with E-state index in [9.17, 15) is 4.79 Å². The molecule has 1 aliphatic rings. The summed E-state index contributed by atoms with van der Waals surface area (Å²) in [5.41, 5.74) is 0. The molecule has 106 valence electrons. The monoisotopic (exact) mass is 258 g/mol. The third-order valence-electron chi connectivity index (χ3n) is 3.14. The summed E-state index contributed by atoms with van der Waals surface area (Å²) in [6.45, 7) is 8.47. The minimum Gasteiger partial charge on any atom is -0.351 e. The third-order valence-corrected chi connectivity index (χ3v) is 3.14. The molecule has 1 fully saturated rings. The first-order valence-corrected chi connectivity index (χ1v) is 6.91. The van der Waals surface area contributed by atoms with Crippen LogP contribution in [0, 0.1) is 5.92 Å². The van der Waals surface area contributed by atoms with Gasteiger partial charge in [0.15, 0.2) is 6.29 Å². The molecule has 0 bridgehead atoms. The van der Waals surface area contributed by atoms with Gasteiger partial charge in [0.05, 0.1) is 6.54 Å². The van der Waals surface area contributed by atoms with Crippen LogP contribution in [0.15, 0.2) is 0 Å². The Bertz CT molecular complexity index is 242. The molecule has 0 saturated carbocycles. The fourth-order valence-corrected chi connectivity index (χ4v) is 2.24. The van der Waals surface area contributed by atoms with Crippen molar-refractivity contribution in [3.05, 3.63) is 0 Å². The Balaban J connectivity index is 2.29. The van der Waals surface area contributed by atoms with E-state index >= 15 is 0 Å². The summed E-state index contributed by atoms with van der Waals surface area (Å²) in [4.78, 5) is 12.0. The summed E-state index contributed by atoms with van der Waals surface area (Å²) in [7, 11) is 0. The zero-order valence-corrected chi connectivity index (χ0v) is 11.7. The molecule has 2 atom stereocenters. The summed E-state index contributed by atoms with van der Waals surface area (Å²) in [5, 5.41) is 6.27. The second kappa shape index (κ2) is 8.45. The number of carbonyl (C=O) groups excluding carboxylic acids is 1. The van der Waals surface area contributed by atoms with Gasteiger partial charge in [-0.2, -0.15) is 0 Å². The maximum Gasteiger partial charge on any atom is 0.223 e. The lowest BCUT2D eigenvalue weighted by Crippen LogP contribution is -2.44. The van der Waals surface area contributed by atoms with Crippen LogP contribution in [0.2, 0.25) is 0 Å². The molecule has 1 saturated heterocycles. The molecular weight excluding hydrogens is 232 g/mol. The van der Waals surface area contributed by atoms with Crippen LogP contribution in [0.3, 0.4) is 0 Å². The fourth-order valence-electron chi connectivity index (χ4n) is 2.24. The number of ether oxygens (including phenoxy) is 2. The van der Waals surface area contributed by atoms with Crippen LogP contribution in [0.5, 0.6) is 0 Å². The number of rotatable bonds is 7. The smallest absolute Gasteiger partial charge is 0.223 e. The van der Waals surface area contributed by atoms with Crippen molar-refractivity contribution in [2.45, 2.75) is 45.9 Å². The lowest BCUT2D eigenvalue weighted by atomic mass is 9.92. The molecule has 0 aromatic carbocycles. The van der Waals surface area contributed by atoms with E-state index in [1.54, 1.807) is 0 Å². The van der Waals surface area contributed by atoms with E-state index < -0.39 is 0 Å². The minimum absolute atomic E-state index is 0.116. The molecule has 1 heterocycles. The van der Waals surface area contributed by atoms with Crippen molar-refractivity contribution in [3.8, 4) is 0 Å². The van der Waals surface area contributed by atoms with Crippen molar-refractivity contribution in [3.63, 3.8) is 0 Å². The second-order valence-electron chi connectivity index (χ2n) is 4.66. The van der Waals surface area contributed by atoms with Crippen molar-refractivity contribution in [2.75, 3.05) is 26.3 Å². The largest absolute Gasteiger partial charge is 0.351 e. The van der Waals surface area contributed by atoms with E-state index in [4.69, 9.17) is 9.47 Å². The standard InChI is InChI=1S/C13H26N2O3/c1-4-17-12(18-5-2)9-15-13(16)11-6-7-14-10(3)8-11/h10-12,14H,4-9H2,1-3H3,(H,15,16). The zero-order valence-electron chi connectivity index (χ0n) is 11.7. The predicted molar refractivity (Wildman–Crippen MR) is 70.2 cm³/mol. The number of carbonyl (C=O) groups is 1. The maximum atomic E-state index is 12.0. The Labute approximate surface area is 110 Å². The van der Waals surface area contributed by atoms with E-state index in [0.717, 1.165) is 19.4 Å². The summed E-state index contributed by atoms with van der Waals surface area (Å²) in [6.07, 6.45) is 1.48. The molecule has 5 nitrogen and oxygen atoms in total. The number of piperidine rings is 1. The van der Waals surface area contributed by atoms with Crippen molar-refractivity contribution >= 4 is 5.91 Å². The first-order valence-electron chi connectivity index (χ1n) is 6.91. The SMILES string of the molecule is CCOC(CNC(=O)C1CCNC(C)C1)OCC. The van der Waals surface area contributed by atoms with Crippen molar-refractivity contribution in [2.24, 2.45) is 5.92 Å². The number of nitrogens with one attached hydrogen (secondary N) is 2. The Hall–Kier alpha value is -0.650. The Morgan fingerprint density at radius 1 is 1.39 bits per heavy atom. The molecule has 0 aliphatic carbocycles. The molecule has 1 rings (SSSR count). The third kappa shape index (κ3) is 5.33. The summed E-state index contributed by atoms with van der Waals surface area (Å²) < 4.78 is 10.8. The van der Waals surface area contributed by atoms with E-state index in [-0.39, 0.29) is 18.1 Å². The van der Waals surface area contributed by atoms with Gasteiger partial charge in [0.25, 0.3) is 0 Å². The van der Waals surface area contributed by atoms with Crippen LogP contribution in [-0.4, -0.2) is 44.5 Å². The van der Waals surface area contributed by atoms with Gasteiger partial charge in [0, 0.05) is 25.2 Å². The normalized spacial score (nSPS) is 24.2. The van der Waals surface area contributed by atoms with Crippen LogP contribution in [0.25, 0.3) is 0 Å². The van der Waals surface area contributed by atoms with Gasteiger partial charge in [-0.3, -0.25) is 4.79 Å². The van der Waals surface area contributed by atoms with E-state index in [1.807, 2.05) is 13.8 Å². The average Bonchev–Trinajstić information content (AvgIpc) is 2.36. The van der Waals surface area contributed by atoms with E-state index in [1.165, 1.54) is 0 Å². The number of hydrogen-bond acceptors (Lipinski definition) is 4. The zero-order chi connectivity index (χ0) is 13.4. The predicted octanol–water partition coefficient (Wildman–Crippen LogP) is 0.890. The highest BCUT2D eigenvalue weighted by atomic mass is 16.7. The molecule has 0 aromatic rings. The highest BCUT2D eigenvalue weighted by Crippen LogP contribution is 2.15. The molecule has 2 unspecified atom stereocenters. The summed E-state index contributed by atoms with van der Waals surface area (Å²) in [6, 6.07) is 0.420. The first kappa shape index (κ1) is 15.4. The quantitative estimate of drug-likeness (QED) is 0.666. The molecule has 1 aliphatic heterocycles. The highest BCUT2D eigenvalue weighted by Gasteiger charge is 2.25. The van der Waals surface area contributed by atoms with Crippen LogP contribution in [0.1, 0.15) is 33.6 Å². The van der Waals surface area contributed by atoms with Gasteiger partial charge in [-0.25, -0.2) is 0 Å². The van der Waals surface area contributed by atoms with Gasteiger partial charge in [-0.1, -0.05) is 0 Å². The maximum absolute atomic E-state index is 12.0. The van der Waals surface area contributed by atoms with Crippen molar-refractivity contribution in [1.82, 2.24) is 10.6 Å². The highest BCUT2D eigenvalue weighted by molar-refractivity contribution is 5.78.